The van der Waals surface area contributed by atoms with Crippen LogP contribution in [0.25, 0.3) is 0 Å². The fraction of sp³-hybridized carbons (Fsp3) is 1.00. The summed E-state index contributed by atoms with van der Waals surface area (Å²) in [4.78, 5) is 2.26. The lowest BCUT2D eigenvalue weighted by Gasteiger charge is -2.19. The summed E-state index contributed by atoms with van der Waals surface area (Å²) in [6, 6.07) is 0.771. The number of thioether (sulfide) groups is 1. The molecule has 1 N–H and O–H groups in total. The van der Waals surface area contributed by atoms with Gasteiger partial charge in [-0.05, 0) is 34.0 Å². The molecule has 1 fully saturated rings. The van der Waals surface area contributed by atoms with E-state index in [1.54, 1.807) is 0 Å². The van der Waals surface area contributed by atoms with E-state index < -0.39 is 0 Å². The second-order valence-corrected chi connectivity index (χ2v) is 5.39. The normalized spacial score (nSPS) is 28.6. The van der Waals surface area contributed by atoms with Crippen molar-refractivity contribution < 1.29 is 0 Å². The maximum Gasteiger partial charge on any atom is 0.0201 e. The Morgan fingerprint density at radius 2 is 2.15 bits per heavy atom. The van der Waals surface area contributed by atoms with E-state index in [0.717, 1.165) is 11.3 Å². The number of hydrogen-bond acceptors (Lipinski definition) is 3. The molecule has 1 rings (SSSR count). The Balaban J connectivity index is 2.13. The molecule has 0 spiro atoms. The first-order chi connectivity index (χ1) is 6.24. The minimum Gasteiger partial charge on any atom is -0.316 e. The van der Waals surface area contributed by atoms with Crippen molar-refractivity contribution in [3.63, 3.8) is 0 Å². The maximum absolute atomic E-state index is 3.42. The van der Waals surface area contributed by atoms with Gasteiger partial charge in [-0.25, -0.2) is 0 Å². The van der Waals surface area contributed by atoms with E-state index in [2.05, 4.69) is 43.1 Å². The topological polar surface area (TPSA) is 15.3 Å². The fourth-order valence-corrected chi connectivity index (χ4v) is 3.45. The zero-order valence-corrected chi connectivity index (χ0v) is 9.86. The quantitative estimate of drug-likeness (QED) is 0.726. The summed E-state index contributed by atoms with van der Waals surface area (Å²) in [5, 5.41) is 4.28. The SMILES string of the molecule is CNC1CCCC1SCCN(C)C. The summed E-state index contributed by atoms with van der Waals surface area (Å²) in [7, 11) is 6.38. The Labute approximate surface area is 86.5 Å². The highest BCUT2D eigenvalue weighted by Gasteiger charge is 2.25. The van der Waals surface area contributed by atoms with Crippen LogP contribution in [0.5, 0.6) is 0 Å². The monoisotopic (exact) mass is 202 g/mol. The summed E-state index contributed by atoms with van der Waals surface area (Å²) >= 11 is 2.14. The second-order valence-electron chi connectivity index (χ2n) is 4.04. The van der Waals surface area contributed by atoms with Gasteiger partial charge in [0.1, 0.15) is 0 Å². The maximum atomic E-state index is 3.42. The molecular formula is C10H22N2S. The van der Waals surface area contributed by atoms with E-state index >= 15 is 0 Å². The van der Waals surface area contributed by atoms with Crippen LogP contribution in [0.1, 0.15) is 19.3 Å². The Morgan fingerprint density at radius 3 is 2.77 bits per heavy atom. The Hall–Kier alpha value is 0.270. The molecule has 13 heavy (non-hydrogen) atoms. The van der Waals surface area contributed by atoms with Crippen LogP contribution in [0, 0.1) is 0 Å². The highest BCUT2D eigenvalue weighted by Crippen LogP contribution is 2.29. The number of nitrogens with zero attached hydrogens (tertiary/aromatic N) is 1. The van der Waals surface area contributed by atoms with Gasteiger partial charge in [-0.3, -0.25) is 0 Å². The van der Waals surface area contributed by atoms with Crippen LogP contribution in [0.3, 0.4) is 0 Å². The van der Waals surface area contributed by atoms with Crippen molar-refractivity contribution in [1.82, 2.24) is 10.2 Å². The lowest BCUT2D eigenvalue weighted by molar-refractivity contribution is 0.437. The Bertz CT molecular complexity index is 139. The third-order valence-corrected chi connectivity index (χ3v) is 4.10. The average Bonchev–Trinajstić information content (AvgIpc) is 2.51. The number of nitrogens with one attached hydrogen (secondary N) is 1. The molecule has 0 aliphatic heterocycles. The summed E-state index contributed by atoms with van der Waals surface area (Å²) in [5.41, 5.74) is 0. The van der Waals surface area contributed by atoms with Crippen molar-refractivity contribution in [3.05, 3.63) is 0 Å². The van der Waals surface area contributed by atoms with Gasteiger partial charge in [-0.2, -0.15) is 11.8 Å². The molecule has 78 valence electrons. The molecule has 3 heteroatoms. The van der Waals surface area contributed by atoms with Gasteiger partial charge in [0.15, 0.2) is 0 Å². The molecule has 0 saturated heterocycles. The van der Waals surface area contributed by atoms with Crippen molar-refractivity contribution in [2.75, 3.05) is 33.4 Å². The molecule has 0 aromatic heterocycles. The highest BCUT2D eigenvalue weighted by molar-refractivity contribution is 8.00. The van der Waals surface area contributed by atoms with Gasteiger partial charge in [0, 0.05) is 23.6 Å². The summed E-state index contributed by atoms with van der Waals surface area (Å²) in [6.07, 6.45) is 4.19. The van der Waals surface area contributed by atoms with Gasteiger partial charge in [0.05, 0.1) is 0 Å². The second kappa shape index (κ2) is 5.89. The van der Waals surface area contributed by atoms with Crippen LogP contribution in [-0.2, 0) is 0 Å². The van der Waals surface area contributed by atoms with Crippen LogP contribution in [0.2, 0.25) is 0 Å². The smallest absolute Gasteiger partial charge is 0.0201 e. The average molecular weight is 202 g/mol. The molecule has 0 amide bonds. The predicted molar refractivity (Wildman–Crippen MR) is 61.5 cm³/mol. The standard InChI is InChI=1S/C10H22N2S/c1-11-9-5-4-6-10(9)13-8-7-12(2)3/h9-11H,4-8H2,1-3H3. The minimum atomic E-state index is 0.771. The lowest BCUT2D eigenvalue weighted by atomic mass is 10.2. The molecule has 0 bridgehead atoms. The summed E-state index contributed by atoms with van der Waals surface area (Å²) in [5.74, 6) is 1.27. The molecule has 0 aromatic rings. The molecule has 1 aliphatic carbocycles. The number of rotatable bonds is 5. The molecule has 2 unspecified atom stereocenters. The molecule has 2 atom stereocenters. The first-order valence-electron chi connectivity index (χ1n) is 5.17. The summed E-state index contributed by atoms with van der Waals surface area (Å²) < 4.78 is 0. The molecule has 0 heterocycles. The molecule has 1 saturated carbocycles. The summed E-state index contributed by atoms with van der Waals surface area (Å²) in [6.45, 7) is 1.21. The van der Waals surface area contributed by atoms with Gasteiger partial charge < -0.3 is 10.2 Å². The van der Waals surface area contributed by atoms with Crippen LogP contribution in [0.4, 0.5) is 0 Å². The molecule has 1 aliphatic rings. The zero-order chi connectivity index (χ0) is 9.68. The zero-order valence-electron chi connectivity index (χ0n) is 9.05. The van der Waals surface area contributed by atoms with Crippen molar-refractivity contribution >= 4 is 11.8 Å². The first kappa shape index (κ1) is 11.3. The Kier molecular flexibility index (Phi) is 5.14. The van der Waals surface area contributed by atoms with Gasteiger partial charge in [0.25, 0.3) is 0 Å². The van der Waals surface area contributed by atoms with E-state index in [-0.39, 0.29) is 0 Å². The third-order valence-electron chi connectivity index (χ3n) is 2.69. The van der Waals surface area contributed by atoms with E-state index in [1.807, 2.05) is 0 Å². The first-order valence-corrected chi connectivity index (χ1v) is 6.22. The van der Waals surface area contributed by atoms with E-state index in [9.17, 15) is 0 Å². The van der Waals surface area contributed by atoms with Crippen molar-refractivity contribution in [3.8, 4) is 0 Å². The van der Waals surface area contributed by atoms with Gasteiger partial charge in [-0.1, -0.05) is 6.42 Å². The van der Waals surface area contributed by atoms with Crippen LogP contribution in [0.15, 0.2) is 0 Å². The largest absolute Gasteiger partial charge is 0.316 e. The highest BCUT2D eigenvalue weighted by atomic mass is 32.2. The van der Waals surface area contributed by atoms with E-state index in [0.29, 0.717) is 0 Å². The molecular weight excluding hydrogens is 180 g/mol. The Morgan fingerprint density at radius 1 is 1.38 bits per heavy atom. The third kappa shape index (κ3) is 3.88. The predicted octanol–water partition coefficient (Wildman–Crippen LogP) is 1.42. The van der Waals surface area contributed by atoms with E-state index in [1.165, 1.54) is 31.6 Å². The van der Waals surface area contributed by atoms with Crippen LogP contribution in [-0.4, -0.2) is 49.6 Å². The van der Waals surface area contributed by atoms with Crippen molar-refractivity contribution in [2.24, 2.45) is 0 Å². The van der Waals surface area contributed by atoms with Crippen LogP contribution < -0.4 is 5.32 Å². The lowest BCUT2D eigenvalue weighted by Crippen LogP contribution is -2.31. The fourth-order valence-electron chi connectivity index (χ4n) is 1.84. The van der Waals surface area contributed by atoms with Gasteiger partial charge >= 0.3 is 0 Å². The van der Waals surface area contributed by atoms with Gasteiger partial charge in [0.2, 0.25) is 0 Å². The van der Waals surface area contributed by atoms with Crippen molar-refractivity contribution in [1.29, 1.82) is 0 Å². The minimum absolute atomic E-state index is 0.771. The number of hydrogen-bond donors (Lipinski definition) is 1. The van der Waals surface area contributed by atoms with Crippen molar-refractivity contribution in [2.45, 2.75) is 30.6 Å². The molecule has 0 aromatic carbocycles. The van der Waals surface area contributed by atoms with Gasteiger partial charge in [-0.15, -0.1) is 0 Å². The molecule has 0 radical (unpaired) electrons. The molecule has 2 nitrogen and oxygen atoms in total. The van der Waals surface area contributed by atoms with E-state index in [4.69, 9.17) is 0 Å². The van der Waals surface area contributed by atoms with Crippen LogP contribution >= 0.6 is 11.8 Å².